The summed E-state index contributed by atoms with van der Waals surface area (Å²) in [6, 6.07) is 7.63. The van der Waals surface area contributed by atoms with Gasteiger partial charge in [0.15, 0.2) is 5.16 Å². The first-order valence-corrected chi connectivity index (χ1v) is 8.95. The number of fused-ring (bicyclic) bond motifs is 1. The molecule has 0 radical (unpaired) electrons. The van der Waals surface area contributed by atoms with Crippen molar-refractivity contribution in [2.45, 2.75) is 23.6 Å². The Balaban J connectivity index is 1.62. The predicted molar refractivity (Wildman–Crippen MR) is 90.4 cm³/mol. The van der Waals surface area contributed by atoms with Crippen molar-refractivity contribution < 1.29 is 4.79 Å². The standard InChI is InChI=1S/C15H15N3O2S2/c1-9-3-2-4-10(5-9)16-13(19)8-22-15-17-12-7-21-6-11(12)14(20)18-15/h2-5H,6-8H2,1H3,(H,16,19)(H,17,18,20). The average molecular weight is 333 g/mol. The van der Waals surface area contributed by atoms with Crippen molar-refractivity contribution in [3.63, 3.8) is 0 Å². The van der Waals surface area contributed by atoms with Crippen LogP contribution in [0.5, 0.6) is 0 Å². The Morgan fingerprint density at radius 3 is 3.14 bits per heavy atom. The Morgan fingerprint density at radius 2 is 2.32 bits per heavy atom. The third-order valence-corrected chi connectivity index (χ3v) is 5.05. The summed E-state index contributed by atoms with van der Waals surface area (Å²) >= 11 is 2.93. The molecular formula is C15H15N3O2S2. The second-order valence-corrected chi connectivity index (χ2v) is 6.95. The third kappa shape index (κ3) is 3.53. The fraction of sp³-hybridized carbons (Fsp3) is 0.267. The van der Waals surface area contributed by atoms with E-state index in [9.17, 15) is 9.59 Å². The summed E-state index contributed by atoms with van der Waals surface area (Å²) in [6.45, 7) is 1.97. The van der Waals surface area contributed by atoms with Crippen LogP contribution in [0.25, 0.3) is 0 Å². The summed E-state index contributed by atoms with van der Waals surface area (Å²) in [5, 5.41) is 3.34. The van der Waals surface area contributed by atoms with Crippen molar-refractivity contribution in [3.05, 3.63) is 51.4 Å². The van der Waals surface area contributed by atoms with Gasteiger partial charge in [-0.25, -0.2) is 4.98 Å². The van der Waals surface area contributed by atoms with E-state index in [0.717, 1.165) is 34.0 Å². The van der Waals surface area contributed by atoms with E-state index in [1.807, 2.05) is 31.2 Å². The highest BCUT2D eigenvalue weighted by Crippen LogP contribution is 2.26. The molecule has 2 aromatic rings. The predicted octanol–water partition coefficient (Wildman–Crippen LogP) is 2.56. The summed E-state index contributed by atoms with van der Waals surface area (Å²) in [7, 11) is 0. The summed E-state index contributed by atoms with van der Waals surface area (Å²) < 4.78 is 0. The van der Waals surface area contributed by atoms with Crippen LogP contribution in [-0.4, -0.2) is 21.6 Å². The van der Waals surface area contributed by atoms with Crippen molar-refractivity contribution in [1.29, 1.82) is 0 Å². The number of carbonyl (C=O) groups is 1. The van der Waals surface area contributed by atoms with Crippen LogP contribution in [0.3, 0.4) is 0 Å². The number of rotatable bonds is 4. The summed E-state index contributed by atoms with van der Waals surface area (Å²) in [5.74, 6) is 1.58. The zero-order valence-corrected chi connectivity index (χ0v) is 13.6. The van der Waals surface area contributed by atoms with Gasteiger partial charge in [-0.05, 0) is 24.6 Å². The Labute approximate surface area is 136 Å². The third-order valence-electron chi connectivity index (χ3n) is 3.21. The molecule has 0 saturated carbocycles. The highest BCUT2D eigenvalue weighted by Gasteiger charge is 2.18. The Morgan fingerprint density at radius 1 is 1.45 bits per heavy atom. The SMILES string of the molecule is Cc1cccc(NC(=O)CSc2nc3c(c(=O)[nH]2)CSC3)c1. The number of thioether (sulfide) groups is 2. The van der Waals surface area contributed by atoms with Gasteiger partial charge in [-0.1, -0.05) is 23.9 Å². The van der Waals surface area contributed by atoms with Gasteiger partial charge in [0.25, 0.3) is 5.56 Å². The van der Waals surface area contributed by atoms with E-state index >= 15 is 0 Å². The topological polar surface area (TPSA) is 74.8 Å². The molecule has 7 heteroatoms. The first kappa shape index (κ1) is 15.2. The Kier molecular flexibility index (Phi) is 4.54. The van der Waals surface area contributed by atoms with E-state index in [0.29, 0.717) is 5.16 Å². The quantitative estimate of drug-likeness (QED) is 0.664. The fourth-order valence-corrected chi connectivity index (χ4v) is 3.88. The molecule has 0 unspecified atom stereocenters. The van der Waals surface area contributed by atoms with E-state index < -0.39 is 0 Å². The molecule has 1 aromatic heterocycles. The zero-order valence-electron chi connectivity index (χ0n) is 12.0. The number of anilines is 1. The first-order valence-electron chi connectivity index (χ1n) is 6.81. The maximum Gasteiger partial charge on any atom is 0.255 e. The normalized spacial score (nSPS) is 13.0. The number of H-pyrrole nitrogens is 1. The number of aromatic amines is 1. The molecule has 1 amide bonds. The minimum Gasteiger partial charge on any atom is -0.325 e. The molecule has 114 valence electrons. The van der Waals surface area contributed by atoms with Gasteiger partial charge >= 0.3 is 0 Å². The smallest absolute Gasteiger partial charge is 0.255 e. The molecule has 5 nitrogen and oxygen atoms in total. The number of carbonyl (C=O) groups excluding carboxylic acids is 1. The molecule has 1 aliphatic rings. The average Bonchev–Trinajstić information content (AvgIpc) is 2.94. The van der Waals surface area contributed by atoms with Crippen molar-refractivity contribution in [2.75, 3.05) is 11.1 Å². The molecular weight excluding hydrogens is 318 g/mol. The molecule has 0 bridgehead atoms. The molecule has 22 heavy (non-hydrogen) atoms. The molecule has 2 N–H and O–H groups in total. The number of hydrogen-bond acceptors (Lipinski definition) is 5. The number of nitrogens with one attached hydrogen (secondary N) is 2. The van der Waals surface area contributed by atoms with E-state index in [2.05, 4.69) is 15.3 Å². The lowest BCUT2D eigenvalue weighted by molar-refractivity contribution is -0.113. The van der Waals surface area contributed by atoms with E-state index in [1.165, 1.54) is 11.8 Å². The number of aryl methyl sites for hydroxylation is 1. The molecule has 0 atom stereocenters. The van der Waals surface area contributed by atoms with Gasteiger partial charge in [-0.2, -0.15) is 11.8 Å². The number of hydrogen-bond donors (Lipinski definition) is 2. The fourth-order valence-electron chi connectivity index (χ4n) is 2.16. The molecule has 0 spiro atoms. The zero-order chi connectivity index (χ0) is 15.5. The number of nitrogens with zero attached hydrogens (tertiary/aromatic N) is 1. The summed E-state index contributed by atoms with van der Waals surface area (Å²) in [5.41, 5.74) is 3.38. The lowest BCUT2D eigenvalue weighted by atomic mass is 10.2. The van der Waals surface area contributed by atoms with E-state index in [-0.39, 0.29) is 17.2 Å². The first-order chi connectivity index (χ1) is 10.6. The maximum absolute atomic E-state index is 12.0. The van der Waals surface area contributed by atoms with Crippen molar-refractivity contribution >= 4 is 35.1 Å². The van der Waals surface area contributed by atoms with Gasteiger partial charge in [0.2, 0.25) is 5.91 Å². The lowest BCUT2D eigenvalue weighted by Gasteiger charge is -2.06. The van der Waals surface area contributed by atoms with Crippen molar-refractivity contribution in [2.24, 2.45) is 0 Å². The number of benzene rings is 1. The highest BCUT2D eigenvalue weighted by atomic mass is 32.2. The minimum atomic E-state index is -0.117. The van der Waals surface area contributed by atoms with Crippen LogP contribution in [-0.2, 0) is 16.3 Å². The van der Waals surface area contributed by atoms with Crippen LogP contribution in [0.2, 0.25) is 0 Å². The van der Waals surface area contributed by atoms with Gasteiger partial charge in [0, 0.05) is 22.8 Å². The second kappa shape index (κ2) is 6.58. The van der Waals surface area contributed by atoms with Gasteiger partial charge < -0.3 is 10.3 Å². The van der Waals surface area contributed by atoms with E-state index in [4.69, 9.17) is 0 Å². The van der Waals surface area contributed by atoms with E-state index in [1.54, 1.807) is 11.8 Å². The number of amides is 1. The van der Waals surface area contributed by atoms with Crippen LogP contribution in [0.4, 0.5) is 5.69 Å². The molecule has 0 aliphatic carbocycles. The lowest BCUT2D eigenvalue weighted by Crippen LogP contribution is -2.17. The van der Waals surface area contributed by atoms with Crippen LogP contribution >= 0.6 is 23.5 Å². The highest BCUT2D eigenvalue weighted by molar-refractivity contribution is 7.99. The second-order valence-electron chi connectivity index (χ2n) is 5.00. The van der Waals surface area contributed by atoms with Gasteiger partial charge in [0.1, 0.15) is 0 Å². The minimum absolute atomic E-state index is 0.0865. The summed E-state index contributed by atoms with van der Waals surface area (Å²) in [4.78, 5) is 31.0. The number of aromatic nitrogens is 2. The Hall–Kier alpha value is -1.73. The van der Waals surface area contributed by atoms with Crippen LogP contribution in [0, 0.1) is 6.92 Å². The molecule has 0 saturated heterocycles. The van der Waals surface area contributed by atoms with Crippen molar-refractivity contribution in [3.8, 4) is 0 Å². The molecule has 1 aromatic carbocycles. The van der Waals surface area contributed by atoms with Gasteiger partial charge in [-0.3, -0.25) is 9.59 Å². The molecule has 2 heterocycles. The van der Waals surface area contributed by atoms with Crippen molar-refractivity contribution in [1.82, 2.24) is 9.97 Å². The Bertz CT molecular complexity index is 774. The summed E-state index contributed by atoms with van der Waals surface area (Å²) in [6.07, 6.45) is 0. The molecule has 0 fully saturated rings. The van der Waals surface area contributed by atoms with Gasteiger partial charge in [0.05, 0.1) is 11.4 Å². The maximum atomic E-state index is 12.0. The largest absolute Gasteiger partial charge is 0.325 e. The van der Waals surface area contributed by atoms with Gasteiger partial charge in [-0.15, -0.1) is 0 Å². The van der Waals surface area contributed by atoms with Crippen LogP contribution in [0.1, 0.15) is 16.8 Å². The molecule has 3 rings (SSSR count). The monoisotopic (exact) mass is 333 g/mol. The van der Waals surface area contributed by atoms with Crippen LogP contribution < -0.4 is 10.9 Å². The molecule has 1 aliphatic heterocycles. The van der Waals surface area contributed by atoms with Crippen LogP contribution in [0.15, 0.2) is 34.2 Å².